The van der Waals surface area contributed by atoms with Crippen LogP contribution in [-0.2, 0) is 10.2 Å². The highest BCUT2D eigenvalue weighted by Crippen LogP contribution is 2.23. The molecule has 19 heavy (non-hydrogen) atoms. The number of urea groups is 1. The molecule has 1 aliphatic rings. The second-order valence-corrected chi connectivity index (χ2v) is 5.72. The lowest BCUT2D eigenvalue weighted by Crippen LogP contribution is -2.24. The Hall–Kier alpha value is -2.10. The van der Waals surface area contributed by atoms with Gasteiger partial charge in [-0.15, -0.1) is 0 Å². The fraction of sp³-hybridized carbons (Fsp3) is 0.333. The van der Waals surface area contributed by atoms with Gasteiger partial charge in [-0.3, -0.25) is 15.0 Å². The van der Waals surface area contributed by atoms with Gasteiger partial charge in [-0.25, -0.2) is 4.79 Å². The molecule has 100 valence electrons. The zero-order valence-corrected chi connectivity index (χ0v) is 11.7. The molecule has 1 fully saturated rings. The Labute approximate surface area is 113 Å². The standard InChI is InChI=1S/C15H18N2O2/c1-15(2,3)11-7-5-10(6-8-11)9-12-13(18)16-14(19)17(12)4/h5-9H,1-4H3,(H,16,18,19). The summed E-state index contributed by atoms with van der Waals surface area (Å²) in [4.78, 5) is 24.2. The highest BCUT2D eigenvalue weighted by atomic mass is 16.2. The summed E-state index contributed by atoms with van der Waals surface area (Å²) in [5, 5.41) is 2.25. The molecule has 0 radical (unpaired) electrons. The first-order valence-electron chi connectivity index (χ1n) is 6.20. The Bertz CT molecular complexity index is 551. The predicted octanol–water partition coefficient (Wildman–Crippen LogP) is 2.51. The number of hydrogen-bond donors (Lipinski definition) is 1. The van der Waals surface area contributed by atoms with Gasteiger partial charge in [0.15, 0.2) is 0 Å². The number of carbonyl (C=O) groups is 2. The van der Waals surface area contributed by atoms with Crippen LogP contribution in [0.15, 0.2) is 30.0 Å². The zero-order chi connectivity index (χ0) is 14.2. The molecule has 0 saturated carbocycles. The van der Waals surface area contributed by atoms with Crippen LogP contribution in [0.5, 0.6) is 0 Å². The van der Waals surface area contributed by atoms with Crippen LogP contribution in [0.2, 0.25) is 0 Å². The molecule has 1 heterocycles. The summed E-state index contributed by atoms with van der Waals surface area (Å²) >= 11 is 0. The van der Waals surface area contributed by atoms with E-state index in [0.29, 0.717) is 5.70 Å². The second kappa shape index (κ2) is 4.53. The number of likely N-dealkylation sites (N-methyl/N-ethyl adjacent to an activating group) is 1. The van der Waals surface area contributed by atoms with E-state index >= 15 is 0 Å². The van der Waals surface area contributed by atoms with Crippen LogP contribution < -0.4 is 5.32 Å². The Balaban J connectivity index is 2.29. The molecule has 4 heteroatoms. The van der Waals surface area contributed by atoms with Crippen molar-refractivity contribution in [1.29, 1.82) is 0 Å². The van der Waals surface area contributed by atoms with Gasteiger partial charge in [-0.05, 0) is 22.6 Å². The van der Waals surface area contributed by atoms with Gasteiger partial charge in [-0.2, -0.15) is 0 Å². The van der Waals surface area contributed by atoms with Crippen molar-refractivity contribution < 1.29 is 9.59 Å². The summed E-state index contributed by atoms with van der Waals surface area (Å²) in [6.07, 6.45) is 1.71. The van der Waals surface area contributed by atoms with Gasteiger partial charge >= 0.3 is 6.03 Å². The molecule has 1 aromatic carbocycles. The van der Waals surface area contributed by atoms with Gasteiger partial charge in [0.2, 0.25) is 0 Å². The van der Waals surface area contributed by atoms with E-state index in [2.05, 4.69) is 26.1 Å². The van der Waals surface area contributed by atoms with Crippen molar-refractivity contribution in [3.05, 3.63) is 41.1 Å². The third kappa shape index (κ3) is 2.67. The molecule has 3 amide bonds. The Morgan fingerprint density at radius 3 is 2.11 bits per heavy atom. The fourth-order valence-electron chi connectivity index (χ4n) is 1.91. The van der Waals surface area contributed by atoms with Gasteiger partial charge in [0, 0.05) is 7.05 Å². The molecule has 0 aliphatic carbocycles. The number of benzene rings is 1. The molecule has 1 N–H and O–H groups in total. The molecule has 0 unspecified atom stereocenters. The molecule has 1 aromatic rings. The van der Waals surface area contributed by atoms with Crippen molar-refractivity contribution >= 4 is 18.0 Å². The first-order chi connectivity index (χ1) is 8.79. The number of imide groups is 1. The van der Waals surface area contributed by atoms with E-state index in [1.54, 1.807) is 13.1 Å². The van der Waals surface area contributed by atoms with E-state index < -0.39 is 0 Å². The maximum Gasteiger partial charge on any atom is 0.328 e. The maximum atomic E-state index is 11.6. The number of nitrogens with zero attached hydrogens (tertiary/aromatic N) is 1. The van der Waals surface area contributed by atoms with Crippen molar-refractivity contribution in [3.8, 4) is 0 Å². The minimum absolute atomic E-state index is 0.100. The van der Waals surface area contributed by atoms with Crippen LogP contribution in [0.1, 0.15) is 31.9 Å². The van der Waals surface area contributed by atoms with Crippen LogP contribution >= 0.6 is 0 Å². The highest BCUT2D eigenvalue weighted by molar-refractivity contribution is 6.13. The lowest BCUT2D eigenvalue weighted by Gasteiger charge is -2.18. The molecular weight excluding hydrogens is 240 g/mol. The van der Waals surface area contributed by atoms with Gasteiger partial charge < -0.3 is 0 Å². The SMILES string of the molecule is CN1C(=O)NC(=O)C1=Cc1ccc(C(C)(C)C)cc1. The molecule has 2 rings (SSSR count). The number of rotatable bonds is 1. The molecule has 4 nitrogen and oxygen atoms in total. The molecule has 1 aliphatic heterocycles. The number of carbonyl (C=O) groups excluding carboxylic acids is 2. The summed E-state index contributed by atoms with van der Waals surface area (Å²) in [5.74, 6) is -0.354. The minimum atomic E-state index is -0.387. The summed E-state index contributed by atoms with van der Waals surface area (Å²) in [6, 6.07) is 7.61. The van der Waals surface area contributed by atoms with E-state index in [1.165, 1.54) is 10.5 Å². The van der Waals surface area contributed by atoms with Crippen molar-refractivity contribution in [2.24, 2.45) is 0 Å². The van der Waals surface area contributed by atoms with Gasteiger partial charge in [0.05, 0.1) is 0 Å². The Morgan fingerprint density at radius 1 is 1.11 bits per heavy atom. The second-order valence-electron chi connectivity index (χ2n) is 5.72. The lowest BCUT2D eigenvalue weighted by atomic mass is 9.87. The van der Waals surface area contributed by atoms with Gasteiger partial charge in [0.1, 0.15) is 5.70 Å². The average molecular weight is 258 g/mol. The first-order valence-corrected chi connectivity index (χ1v) is 6.20. The third-order valence-electron chi connectivity index (χ3n) is 3.20. The smallest absolute Gasteiger partial charge is 0.292 e. The largest absolute Gasteiger partial charge is 0.328 e. The van der Waals surface area contributed by atoms with Gasteiger partial charge in [0.25, 0.3) is 5.91 Å². The van der Waals surface area contributed by atoms with Crippen LogP contribution in [0.4, 0.5) is 4.79 Å². The minimum Gasteiger partial charge on any atom is -0.292 e. The Morgan fingerprint density at radius 2 is 1.68 bits per heavy atom. The van der Waals surface area contributed by atoms with E-state index in [-0.39, 0.29) is 17.4 Å². The number of nitrogens with one attached hydrogen (secondary N) is 1. The summed E-state index contributed by atoms with van der Waals surface area (Å²) in [5.41, 5.74) is 2.60. The third-order valence-corrected chi connectivity index (χ3v) is 3.20. The monoisotopic (exact) mass is 258 g/mol. The van der Waals surface area contributed by atoms with E-state index in [0.717, 1.165) is 5.56 Å². The summed E-state index contributed by atoms with van der Waals surface area (Å²) < 4.78 is 0. The molecule has 1 saturated heterocycles. The van der Waals surface area contributed by atoms with Crippen molar-refractivity contribution in [1.82, 2.24) is 10.2 Å². The normalized spacial score (nSPS) is 18.1. The Kier molecular flexibility index (Phi) is 3.18. The molecule has 0 atom stereocenters. The molecule has 0 spiro atoms. The fourth-order valence-corrected chi connectivity index (χ4v) is 1.91. The predicted molar refractivity (Wildman–Crippen MR) is 74.4 cm³/mol. The molecular formula is C15H18N2O2. The quantitative estimate of drug-likeness (QED) is 0.621. The highest BCUT2D eigenvalue weighted by Gasteiger charge is 2.29. The summed E-state index contributed by atoms with van der Waals surface area (Å²) in [6.45, 7) is 6.45. The van der Waals surface area contributed by atoms with E-state index in [4.69, 9.17) is 0 Å². The molecule has 0 bridgehead atoms. The number of hydrogen-bond acceptors (Lipinski definition) is 2. The van der Waals surface area contributed by atoms with E-state index in [1.807, 2.05) is 24.3 Å². The topological polar surface area (TPSA) is 49.4 Å². The lowest BCUT2D eigenvalue weighted by molar-refractivity contribution is -0.115. The summed E-state index contributed by atoms with van der Waals surface area (Å²) in [7, 11) is 1.58. The average Bonchev–Trinajstić information content (AvgIpc) is 2.56. The van der Waals surface area contributed by atoms with Crippen molar-refractivity contribution in [2.45, 2.75) is 26.2 Å². The van der Waals surface area contributed by atoms with Crippen LogP contribution in [-0.4, -0.2) is 23.9 Å². The zero-order valence-electron chi connectivity index (χ0n) is 11.7. The molecule has 0 aromatic heterocycles. The van der Waals surface area contributed by atoms with Crippen molar-refractivity contribution in [2.75, 3.05) is 7.05 Å². The van der Waals surface area contributed by atoms with E-state index in [9.17, 15) is 9.59 Å². The van der Waals surface area contributed by atoms with Crippen molar-refractivity contribution in [3.63, 3.8) is 0 Å². The van der Waals surface area contributed by atoms with Crippen LogP contribution in [0, 0.1) is 0 Å². The van der Waals surface area contributed by atoms with Crippen LogP contribution in [0.25, 0.3) is 6.08 Å². The maximum absolute atomic E-state index is 11.6. The number of amides is 3. The van der Waals surface area contributed by atoms with Crippen LogP contribution in [0.3, 0.4) is 0 Å². The first kappa shape index (κ1) is 13.3. The van der Waals surface area contributed by atoms with Gasteiger partial charge in [-0.1, -0.05) is 45.0 Å².